The van der Waals surface area contributed by atoms with E-state index >= 15 is 0 Å². The summed E-state index contributed by atoms with van der Waals surface area (Å²) in [5.74, 6) is 0.295. The number of sulfone groups is 1. The molecule has 0 aliphatic carbocycles. The monoisotopic (exact) mass is 222 g/mol. The molecule has 0 N–H and O–H groups in total. The largest absolute Gasteiger partial charge is 0.224 e. The fraction of sp³-hybridized carbons (Fsp3) is 0.333. The molecule has 0 unspecified atom stereocenters. The Hall–Kier alpha value is -1.09. The van der Waals surface area contributed by atoms with Crippen LogP contribution in [0.1, 0.15) is 24.8 Å². The minimum absolute atomic E-state index is 0.295. The van der Waals surface area contributed by atoms with E-state index in [0.29, 0.717) is 5.75 Å². The van der Waals surface area contributed by atoms with E-state index in [-0.39, 0.29) is 0 Å². The zero-order chi connectivity index (χ0) is 10.7. The van der Waals surface area contributed by atoms with Crippen LogP contribution in [0.15, 0.2) is 35.7 Å². The number of allylic oxidation sites excluding steroid dienone is 1. The fourth-order valence-corrected chi connectivity index (χ4v) is 3.23. The van der Waals surface area contributed by atoms with Crippen molar-refractivity contribution < 1.29 is 8.42 Å². The molecule has 1 aromatic carbocycles. The molecule has 0 spiro atoms. The Bertz CT molecular complexity index is 458. The molecule has 80 valence electrons. The van der Waals surface area contributed by atoms with Gasteiger partial charge in [0.2, 0.25) is 0 Å². The first kappa shape index (κ1) is 10.4. The van der Waals surface area contributed by atoms with Crippen LogP contribution < -0.4 is 0 Å². The Morgan fingerprint density at radius 2 is 1.73 bits per heavy atom. The van der Waals surface area contributed by atoms with Gasteiger partial charge in [0, 0.05) is 5.41 Å². The van der Waals surface area contributed by atoms with Crippen LogP contribution in [0.3, 0.4) is 0 Å². The molecule has 0 saturated carbocycles. The summed E-state index contributed by atoms with van der Waals surface area (Å²) in [4.78, 5) is 0. The summed E-state index contributed by atoms with van der Waals surface area (Å²) >= 11 is 0. The predicted octanol–water partition coefficient (Wildman–Crippen LogP) is 2.63. The third kappa shape index (κ3) is 2.69. The lowest BCUT2D eigenvalue weighted by Crippen LogP contribution is -1.99. The summed E-state index contributed by atoms with van der Waals surface area (Å²) in [5.41, 5.74) is 1.98. The second-order valence-corrected chi connectivity index (χ2v) is 5.80. The van der Waals surface area contributed by atoms with Crippen molar-refractivity contribution in [2.24, 2.45) is 0 Å². The van der Waals surface area contributed by atoms with Gasteiger partial charge in [0.1, 0.15) is 0 Å². The average Bonchev–Trinajstić information content (AvgIpc) is 2.41. The lowest BCUT2D eigenvalue weighted by Gasteiger charge is -2.03. The number of hydrogen-bond acceptors (Lipinski definition) is 2. The highest BCUT2D eigenvalue weighted by Gasteiger charge is 2.14. The third-order valence-electron chi connectivity index (χ3n) is 2.59. The van der Waals surface area contributed by atoms with Gasteiger partial charge < -0.3 is 0 Å². The second kappa shape index (κ2) is 4.19. The summed E-state index contributed by atoms with van der Waals surface area (Å²) < 4.78 is 23.2. The van der Waals surface area contributed by atoms with Crippen LogP contribution in [0.4, 0.5) is 0 Å². The van der Waals surface area contributed by atoms with Crippen molar-refractivity contribution in [3.63, 3.8) is 0 Å². The van der Waals surface area contributed by atoms with Gasteiger partial charge in [-0.15, -0.1) is 0 Å². The molecule has 1 aromatic rings. The third-order valence-corrected chi connectivity index (χ3v) is 4.09. The molecule has 0 saturated heterocycles. The lowest BCUT2D eigenvalue weighted by atomic mass is 10.0. The summed E-state index contributed by atoms with van der Waals surface area (Å²) in [7, 11) is -2.98. The normalized spacial score (nSPS) is 20.4. The van der Waals surface area contributed by atoms with Gasteiger partial charge >= 0.3 is 0 Å². The predicted molar refractivity (Wildman–Crippen MR) is 62.1 cm³/mol. The maximum atomic E-state index is 11.6. The second-order valence-electron chi connectivity index (χ2n) is 3.83. The Balaban J connectivity index is 2.40. The van der Waals surface area contributed by atoms with Crippen molar-refractivity contribution in [3.05, 3.63) is 41.3 Å². The van der Waals surface area contributed by atoms with E-state index in [1.54, 1.807) is 0 Å². The van der Waals surface area contributed by atoms with E-state index in [1.807, 2.05) is 30.3 Å². The SMILES string of the molecule is O=S1(=O)C=C(c2ccccc2)CCCC1. The molecule has 0 aromatic heterocycles. The van der Waals surface area contributed by atoms with E-state index in [4.69, 9.17) is 0 Å². The van der Waals surface area contributed by atoms with Crippen LogP contribution in [0, 0.1) is 0 Å². The zero-order valence-electron chi connectivity index (χ0n) is 8.52. The Kier molecular flexibility index (Phi) is 2.91. The maximum absolute atomic E-state index is 11.6. The summed E-state index contributed by atoms with van der Waals surface area (Å²) in [6.45, 7) is 0. The van der Waals surface area contributed by atoms with Gasteiger partial charge in [-0.1, -0.05) is 30.3 Å². The van der Waals surface area contributed by atoms with E-state index in [9.17, 15) is 8.42 Å². The number of hydrogen-bond donors (Lipinski definition) is 0. The minimum Gasteiger partial charge on any atom is -0.224 e. The van der Waals surface area contributed by atoms with Crippen molar-refractivity contribution in [3.8, 4) is 0 Å². The highest BCUT2D eigenvalue weighted by atomic mass is 32.2. The average molecular weight is 222 g/mol. The van der Waals surface area contributed by atoms with Crippen molar-refractivity contribution in [2.45, 2.75) is 19.3 Å². The molecule has 1 heterocycles. The fourth-order valence-electron chi connectivity index (χ4n) is 1.82. The first-order valence-corrected chi connectivity index (χ1v) is 6.88. The van der Waals surface area contributed by atoms with Crippen LogP contribution in [-0.4, -0.2) is 14.2 Å². The minimum atomic E-state index is -2.98. The molecule has 15 heavy (non-hydrogen) atoms. The van der Waals surface area contributed by atoms with E-state index in [1.165, 1.54) is 5.41 Å². The van der Waals surface area contributed by atoms with E-state index in [0.717, 1.165) is 30.4 Å². The van der Waals surface area contributed by atoms with Crippen molar-refractivity contribution in [2.75, 3.05) is 5.75 Å². The molecule has 0 bridgehead atoms. The first-order valence-electron chi connectivity index (χ1n) is 5.16. The smallest absolute Gasteiger partial charge is 0.171 e. The molecule has 2 nitrogen and oxygen atoms in total. The van der Waals surface area contributed by atoms with Gasteiger partial charge in [0.25, 0.3) is 0 Å². The number of benzene rings is 1. The van der Waals surface area contributed by atoms with Gasteiger partial charge in [0.05, 0.1) is 5.75 Å². The van der Waals surface area contributed by atoms with Gasteiger partial charge in [0.15, 0.2) is 9.84 Å². The standard InChI is InChI=1S/C12H14O2S/c13-15(14)9-5-4-8-12(10-15)11-6-2-1-3-7-11/h1-3,6-7,10H,4-5,8-9H2. The molecular weight excluding hydrogens is 208 g/mol. The molecule has 0 atom stereocenters. The first-order chi connectivity index (χ1) is 7.17. The summed E-state index contributed by atoms with van der Waals surface area (Å²) in [6.07, 6.45) is 2.60. The zero-order valence-corrected chi connectivity index (χ0v) is 9.33. The van der Waals surface area contributed by atoms with Crippen LogP contribution in [0.2, 0.25) is 0 Å². The van der Waals surface area contributed by atoms with Crippen LogP contribution >= 0.6 is 0 Å². The van der Waals surface area contributed by atoms with Gasteiger partial charge in [-0.2, -0.15) is 0 Å². The maximum Gasteiger partial charge on any atom is 0.171 e. The molecule has 1 aliphatic heterocycles. The quantitative estimate of drug-likeness (QED) is 0.732. The van der Waals surface area contributed by atoms with Crippen LogP contribution in [-0.2, 0) is 9.84 Å². The molecule has 1 aliphatic rings. The summed E-state index contributed by atoms with van der Waals surface area (Å²) in [6, 6.07) is 9.75. The summed E-state index contributed by atoms with van der Waals surface area (Å²) in [5, 5.41) is 1.45. The van der Waals surface area contributed by atoms with Crippen LogP contribution in [0.5, 0.6) is 0 Å². The Morgan fingerprint density at radius 1 is 1.00 bits per heavy atom. The van der Waals surface area contributed by atoms with Crippen molar-refractivity contribution >= 4 is 15.4 Å². The number of rotatable bonds is 1. The van der Waals surface area contributed by atoms with Gasteiger partial charge in [-0.25, -0.2) is 8.42 Å². The van der Waals surface area contributed by atoms with Gasteiger partial charge in [-0.05, 0) is 30.4 Å². The Morgan fingerprint density at radius 3 is 2.47 bits per heavy atom. The molecule has 0 radical (unpaired) electrons. The molecule has 2 rings (SSSR count). The molecule has 0 amide bonds. The molecular formula is C12H14O2S. The molecule has 3 heteroatoms. The van der Waals surface area contributed by atoms with Crippen molar-refractivity contribution in [1.82, 2.24) is 0 Å². The lowest BCUT2D eigenvalue weighted by molar-refractivity contribution is 0.602. The highest BCUT2D eigenvalue weighted by Crippen LogP contribution is 2.25. The molecule has 0 fully saturated rings. The van der Waals surface area contributed by atoms with E-state index < -0.39 is 9.84 Å². The van der Waals surface area contributed by atoms with Gasteiger partial charge in [-0.3, -0.25) is 0 Å². The highest BCUT2D eigenvalue weighted by molar-refractivity contribution is 7.94. The van der Waals surface area contributed by atoms with E-state index in [2.05, 4.69) is 0 Å². The Labute approximate surface area is 90.6 Å². The van der Waals surface area contributed by atoms with Crippen LogP contribution in [0.25, 0.3) is 5.57 Å². The van der Waals surface area contributed by atoms with Crippen molar-refractivity contribution in [1.29, 1.82) is 0 Å². The topological polar surface area (TPSA) is 34.1 Å².